The summed E-state index contributed by atoms with van der Waals surface area (Å²) in [5.41, 5.74) is 0. The van der Waals surface area contributed by atoms with Gasteiger partial charge in [0.2, 0.25) is 0 Å². The standard InChI is InChI=1S/C9H12N2OS/c1-11-6-5-10-9(11)13-8-4-2-3-7(8)12/h5-6,8H,2-4H2,1H3. The maximum Gasteiger partial charge on any atom is 0.168 e. The summed E-state index contributed by atoms with van der Waals surface area (Å²) >= 11 is 1.59. The van der Waals surface area contributed by atoms with E-state index in [1.165, 1.54) is 0 Å². The lowest BCUT2D eigenvalue weighted by Crippen LogP contribution is -2.09. The number of thioether (sulfide) groups is 1. The number of imidazole rings is 1. The number of carbonyl (C=O) groups excluding carboxylic acids is 1. The zero-order valence-corrected chi connectivity index (χ0v) is 8.38. The third-order valence-corrected chi connectivity index (χ3v) is 3.66. The van der Waals surface area contributed by atoms with E-state index in [-0.39, 0.29) is 5.25 Å². The van der Waals surface area contributed by atoms with E-state index >= 15 is 0 Å². The lowest BCUT2D eigenvalue weighted by atomic mass is 10.3. The lowest BCUT2D eigenvalue weighted by molar-refractivity contribution is -0.116. The summed E-state index contributed by atoms with van der Waals surface area (Å²) in [7, 11) is 1.95. The minimum Gasteiger partial charge on any atom is -0.329 e. The van der Waals surface area contributed by atoms with Crippen molar-refractivity contribution in [2.75, 3.05) is 0 Å². The molecule has 1 aromatic rings. The molecule has 1 atom stereocenters. The number of hydrogen-bond acceptors (Lipinski definition) is 3. The molecular formula is C9H12N2OS. The molecule has 4 heteroatoms. The minimum atomic E-state index is 0.154. The Hall–Kier alpha value is -0.770. The van der Waals surface area contributed by atoms with Gasteiger partial charge in [0.25, 0.3) is 0 Å². The summed E-state index contributed by atoms with van der Waals surface area (Å²) < 4.78 is 1.95. The molecule has 3 nitrogen and oxygen atoms in total. The van der Waals surface area contributed by atoms with Gasteiger partial charge in [-0.2, -0.15) is 0 Å². The van der Waals surface area contributed by atoms with Crippen LogP contribution in [0.1, 0.15) is 19.3 Å². The van der Waals surface area contributed by atoms with Crippen LogP contribution in [0.15, 0.2) is 17.6 Å². The molecule has 1 aliphatic rings. The summed E-state index contributed by atoms with van der Waals surface area (Å²) in [6.45, 7) is 0. The predicted molar refractivity (Wildman–Crippen MR) is 51.7 cm³/mol. The van der Waals surface area contributed by atoms with E-state index in [1.807, 2.05) is 17.8 Å². The molecule has 1 unspecified atom stereocenters. The second kappa shape index (κ2) is 3.54. The number of rotatable bonds is 2. The van der Waals surface area contributed by atoms with Crippen molar-refractivity contribution in [2.24, 2.45) is 7.05 Å². The normalized spacial score (nSPS) is 22.5. The van der Waals surface area contributed by atoms with Gasteiger partial charge in [-0.3, -0.25) is 4.79 Å². The van der Waals surface area contributed by atoms with Gasteiger partial charge in [-0.15, -0.1) is 0 Å². The van der Waals surface area contributed by atoms with Gasteiger partial charge in [0.1, 0.15) is 5.78 Å². The number of carbonyl (C=O) groups is 1. The Kier molecular flexibility index (Phi) is 2.40. The summed E-state index contributed by atoms with van der Waals surface area (Å²) in [6, 6.07) is 0. The number of aromatic nitrogens is 2. The summed E-state index contributed by atoms with van der Waals surface area (Å²) in [6.07, 6.45) is 6.48. The first-order valence-electron chi connectivity index (χ1n) is 4.44. The lowest BCUT2D eigenvalue weighted by Gasteiger charge is -2.06. The Labute approximate surface area is 81.5 Å². The minimum absolute atomic E-state index is 0.154. The van der Waals surface area contributed by atoms with E-state index in [0.717, 1.165) is 24.4 Å². The Morgan fingerprint density at radius 1 is 1.69 bits per heavy atom. The molecule has 1 aliphatic carbocycles. The molecule has 0 saturated heterocycles. The smallest absolute Gasteiger partial charge is 0.168 e. The number of aryl methyl sites for hydroxylation is 1. The maximum absolute atomic E-state index is 11.4. The predicted octanol–water partition coefficient (Wildman–Crippen LogP) is 1.63. The van der Waals surface area contributed by atoms with Crippen LogP contribution in [-0.4, -0.2) is 20.6 Å². The molecule has 0 amide bonds. The molecule has 0 radical (unpaired) electrons. The van der Waals surface area contributed by atoms with Gasteiger partial charge in [0, 0.05) is 25.9 Å². The van der Waals surface area contributed by atoms with E-state index in [4.69, 9.17) is 0 Å². The first-order chi connectivity index (χ1) is 6.27. The molecule has 70 valence electrons. The molecule has 1 saturated carbocycles. The molecule has 1 fully saturated rings. The highest BCUT2D eigenvalue weighted by Gasteiger charge is 2.26. The van der Waals surface area contributed by atoms with Crippen LogP contribution < -0.4 is 0 Å². The molecular weight excluding hydrogens is 184 g/mol. The van der Waals surface area contributed by atoms with Crippen LogP contribution in [0.25, 0.3) is 0 Å². The zero-order chi connectivity index (χ0) is 9.26. The van der Waals surface area contributed by atoms with Gasteiger partial charge >= 0.3 is 0 Å². The van der Waals surface area contributed by atoms with Gasteiger partial charge in [-0.25, -0.2) is 4.98 Å². The number of nitrogens with zero attached hydrogens (tertiary/aromatic N) is 2. The third-order valence-electron chi connectivity index (χ3n) is 2.27. The first kappa shape index (κ1) is 8.81. The van der Waals surface area contributed by atoms with Gasteiger partial charge in [-0.1, -0.05) is 11.8 Å². The number of Topliss-reactive ketones (excluding diaryl/α,β-unsaturated/α-hetero) is 1. The average molecular weight is 196 g/mol. The summed E-state index contributed by atoms with van der Waals surface area (Å²) in [4.78, 5) is 15.5. The van der Waals surface area contributed by atoms with Crippen molar-refractivity contribution in [2.45, 2.75) is 29.7 Å². The van der Waals surface area contributed by atoms with E-state index in [1.54, 1.807) is 18.0 Å². The summed E-state index contributed by atoms with van der Waals surface area (Å²) in [5, 5.41) is 1.10. The molecule has 1 heterocycles. The van der Waals surface area contributed by atoms with Crippen molar-refractivity contribution in [1.29, 1.82) is 0 Å². The highest BCUT2D eigenvalue weighted by molar-refractivity contribution is 8.00. The van der Waals surface area contributed by atoms with Crippen LogP contribution in [0.3, 0.4) is 0 Å². The Morgan fingerprint density at radius 2 is 2.54 bits per heavy atom. The molecule has 0 aliphatic heterocycles. The first-order valence-corrected chi connectivity index (χ1v) is 5.32. The fourth-order valence-electron chi connectivity index (χ4n) is 1.50. The summed E-state index contributed by atoms with van der Waals surface area (Å²) in [5.74, 6) is 0.382. The van der Waals surface area contributed by atoms with Crippen molar-refractivity contribution < 1.29 is 4.79 Å². The van der Waals surface area contributed by atoms with Crippen LogP contribution in [0.2, 0.25) is 0 Å². The van der Waals surface area contributed by atoms with Gasteiger partial charge in [-0.05, 0) is 12.8 Å². The van der Waals surface area contributed by atoms with Crippen molar-refractivity contribution in [3.05, 3.63) is 12.4 Å². The van der Waals surface area contributed by atoms with Crippen molar-refractivity contribution in [1.82, 2.24) is 9.55 Å². The van der Waals surface area contributed by atoms with E-state index in [9.17, 15) is 4.79 Å². The molecule has 0 aromatic carbocycles. The van der Waals surface area contributed by atoms with Crippen LogP contribution in [0.4, 0.5) is 0 Å². The highest BCUT2D eigenvalue weighted by atomic mass is 32.2. The van der Waals surface area contributed by atoms with Crippen molar-refractivity contribution in [3.8, 4) is 0 Å². The van der Waals surface area contributed by atoms with E-state index in [0.29, 0.717) is 5.78 Å². The Bertz CT molecular complexity index is 321. The van der Waals surface area contributed by atoms with Gasteiger partial charge in [0.15, 0.2) is 5.16 Å². The van der Waals surface area contributed by atoms with Crippen LogP contribution >= 0.6 is 11.8 Å². The van der Waals surface area contributed by atoms with Gasteiger partial charge < -0.3 is 4.57 Å². The second-order valence-electron chi connectivity index (χ2n) is 3.29. The van der Waals surface area contributed by atoms with Crippen molar-refractivity contribution in [3.63, 3.8) is 0 Å². The van der Waals surface area contributed by atoms with Crippen molar-refractivity contribution >= 4 is 17.5 Å². The topological polar surface area (TPSA) is 34.9 Å². The molecule has 0 N–H and O–H groups in total. The fraction of sp³-hybridized carbons (Fsp3) is 0.556. The monoisotopic (exact) mass is 196 g/mol. The fourth-order valence-corrected chi connectivity index (χ4v) is 2.64. The number of hydrogen-bond donors (Lipinski definition) is 0. The SMILES string of the molecule is Cn1ccnc1SC1CCCC1=O. The molecule has 1 aromatic heterocycles. The second-order valence-corrected chi connectivity index (χ2v) is 4.46. The molecule has 13 heavy (non-hydrogen) atoms. The quantitative estimate of drug-likeness (QED) is 0.721. The van der Waals surface area contributed by atoms with Crippen LogP contribution in [0, 0.1) is 0 Å². The zero-order valence-electron chi connectivity index (χ0n) is 7.56. The highest BCUT2D eigenvalue weighted by Crippen LogP contribution is 2.30. The Balaban J connectivity index is 2.06. The van der Waals surface area contributed by atoms with Crippen LogP contribution in [-0.2, 0) is 11.8 Å². The maximum atomic E-state index is 11.4. The number of ketones is 1. The molecule has 2 rings (SSSR count). The molecule has 0 spiro atoms. The Morgan fingerprint density at radius 3 is 3.08 bits per heavy atom. The molecule has 0 bridgehead atoms. The van der Waals surface area contributed by atoms with E-state index < -0.39 is 0 Å². The largest absolute Gasteiger partial charge is 0.329 e. The van der Waals surface area contributed by atoms with Gasteiger partial charge in [0.05, 0.1) is 5.25 Å². The van der Waals surface area contributed by atoms with E-state index in [2.05, 4.69) is 4.98 Å². The third kappa shape index (κ3) is 1.77. The average Bonchev–Trinajstić information content (AvgIpc) is 2.65. The van der Waals surface area contributed by atoms with Crippen LogP contribution in [0.5, 0.6) is 0 Å².